The van der Waals surface area contributed by atoms with Gasteiger partial charge in [0.15, 0.2) is 4.87 Å². The van der Waals surface area contributed by atoms with Crippen LogP contribution in [0.2, 0.25) is 0 Å². The molecule has 0 radical (unpaired) electrons. The molecule has 0 aliphatic carbocycles. The van der Waals surface area contributed by atoms with Crippen molar-refractivity contribution in [2.75, 3.05) is 0 Å². The van der Waals surface area contributed by atoms with Crippen molar-refractivity contribution >= 4 is 10.1 Å². The van der Waals surface area contributed by atoms with Crippen molar-refractivity contribution in [2.24, 2.45) is 5.73 Å². The fourth-order valence-corrected chi connectivity index (χ4v) is 2.74. The van der Waals surface area contributed by atoms with E-state index in [1.807, 2.05) is 6.07 Å². The van der Waals surface area contributed by atoms with Crippen LogP contribution in [0.25, 0.3) is 0 Å². The number of nitrogens with two attached hydrogens (primary N) is 1. The van der Waals surface area contributed by atoms with Crippen molar-refractivity contribution in [3.05, 3.63) is 71.8 Å². The minimum absolute atomic E-state index is 0.0106. The second kappa shape index (κ2) is 5.13. The lowest BCUT2D eigenvalue weighted by Crippen LogP contribution is -2.46. The highest BCUT2D eigenvalue weighted by atomic mass is 32.2. The van der Waals surface area contributed by atoms with Gasteiger partial charge in [-0.25, -0.2) is 0 Å². The third kappa shape index (κ3) is 2.84. The van der Waals surface area contributed by atoms with Gasteiger partial charge in [-0.3, -0.25) is 4.55 Å². The summed E-state index contributed by atoms with van der Waals surface area (Å²) in [6.45, 7) is 0. The molecule has 5 heteroatoms. The van der Waals surface area contributed by atoms with Crippen molar-refractivity contribution in [3.8, 4) is 0 Å². The highest BCUT2D eigenvalue weighted by molar-refractivity contribution is 7.86. The van der Waals surface area contributed by atoms with Crippen molar-refractivity contribution in [3.63, 3.8) is 0 Å². The third-order valence-electron chi connectivity index (χ3n) is 3.03. The number of benzene rings is 2. The normalized spacial score (nSPS) is 14.8. The maximum absolute atomic E-state index is 11.7. The molecule has 0 fully saturated rings. The molecule has 19 heavy (non-hydrogen) atoms. The molecule has 1 unspecified atom stereocenters. The molecule has 4 nitrogen and oxygen atoms in total. The predicted octanol–water partition coefficient (Wildman–Crippen LogP) is 1.93. The summed E-state index contributed by atoms with van der Waals surface area (Å²) in [6.07, 6.45) is 0.0106. The van der Waals surface area contributed by atoms with Crippen molar-refractivity contribution in [1.82, 2.24) is 0 Å². The lowest BCUT2D eigenvalue weighted by atomic mass is 9.99. The summed E-state index contributed by atoms with van der Waals surface area (Å²) in [5, 5.41) is 0. The Bertz CT molecular complexity index is 641. The van der Waals surface area contributed by atoms with Crippen LogP contribution in [-0.2, 0) is 21.4 Å². The Kier molecular flexibility index (Phi) is 3.71. The molecule has 0 spiro atoms. The van der Waals surface area contributed by atoms with Crippen molar-refractivity contribution in [2.45, 2.75) is 11.3 Å². The Labute approximate surface area is 112 Å². The maximum atomic E-state index is 11.7. The number of hydrogen-bond donors (Lipinski definition) is 2. The SMILES string of the molecule is NC(Cc1ccccc1)(c1ccccc1)S(=O)(=O)O. The zero-order valence-electron chi connectivity index (χ0n) is 10.2. The maximum Gasteiger partial charge on any atom is 0.288 e. The predicted molar refractivity (Wildman–Crippen MR) is 74.0 cm³/mol. The molecule has 2 aromatic rings. The van der Waals surface area contributed by atoms with E-state index >= 15 is 0 Å². The Morgan fingerprint density at radius 2 is 1.42 bits per heavy atom. The molecule has 2 aromatic carbocycles. The van der Waals surface area contributed by atoms with E-state index in [-0.39, 0.29) is 6.42 Å². The molecule has 0 aromatic heterocycles. The molecule has 100 valence electrons. The lowest BCUT2D eigenvalue weighted by Gasteiger charge is -2.26. The Morgan fingerprint density at radius 3 is 1.89 bits per heavy atom. The van der Waals surface area contributed by atoms with Crippen LogP contribution in [0.4, 0.5) is 0 Å². The summed E-state index contributed by atoms with van der Waals surface area (Å²) >= 11 is 0. The third-order valence-corrected chi connectivity index (χ3v) is 4.33. The smallest absolute Gasteiger partial charge is 0.288 e. The van der Waals surface area contributed by atoms with Crippen LogP contribution in [0.1, 0.15) is 11.1 Å². The van der Waals surface area contributed by atoms with Crippen LogP contribution in [0.5, 0.6) is 0 Å². The van der Waals surface area contributed by atoms with Crippen LogP contribution in [-0.4, -0.2) is 13.0 Å². The zero-order chi connectivity index (χ0) is 13.9. The van der Waals surface area contributed by atoms with E-state index < -0.39 is 15.0 Å². The highest BCUT2D eigenvalue weighted by Crippen LogP contribution is 2.28. The summed E-state index contributed by atoms with van der Waals surface area (Å²) in [5.74, 6) is 0. The van der Waals surface area contributed by atoms with Crippen molar-refractivity contribution < 1.29 is 13.0 Å². The molecule has 0 saturated heterocycles. The first-order valence-corrected chi connectivity index (χ1v) is 7.23. The quantitative estimate of drug-likeness (QED) is 0.837. The highest BCUT2D eigenvalue weighted by Gasteiger charge is 2.40. The largest absolute Gasteiger partial charge is 0.307 e. The van der Waals surface area contributed by atoms with Gasteiger partial charge in [0.1, 0.15) is 0 Å². The molecule has 3 N–H and O–H groups in total. The monoisotopic (exact) mass is 277 g/mol. The van der Waals surface area contributed by atoms with Gasteiger partial charge in [-0.05, 0) is 11.1 Å². The molecule has 2 rings (SSSR count). The summed E-state index contributed by atoms with van der Waals surface area (Å²) in [5.41, 5.74) is 7.09. The van der Waals surface area contributed by atoms with Gasteiger partial charge < -0.3 is 5.73 Å². The minimum atomic E-state index is -4.44. The summed E-state index contributed by atoms with van der Waals surface area (Å²) in [7, 11) is -4.44. The number of rotatable bonds is 4. The first-order valence-electron chi connectivity index (χ1n) is 5.79. The second-order valence-corrected chi connectivity index (χ2v) is 6.07. The van der Waals surface area contributed by atoms with Gasteiger partial charge in [-0.15, -0.1) is 0 Å². The first-order chi connectivity index (χ1) is 8.93. The van der Waals surface area contributed by atoms with Crippen LogP contribution in [0.15, 0.2) is 60.7 Å². The van der Waals surface area contributed by atoms with E-state index in [1.54, 1.807) is 54.6 Å². The molecule has 1 atom stereocenters. The standard InChI is InChI=1S/C14H15NO3S/c15-14(19(16,17)18,13-9-5-2-6-10-13)11-12-7-3-1-4-8-12/h1-10H,11,15H2,(H,16,17,18). The van der Waals surface area contributed by atoms with E-state index in [1.165, 1.54) is 0 Å². The second-order valence-electron chi connectivity index (χ2n) is 4.39. The molecule has 0 bridgehead atoms. The topological polar surface area (TPSA) is 80.4 Å². The Hall–Kier alpha value is -1.69. The van der Waals surface area contributed by atoms with Gasteiger partial charge in [0.25, 0.3) is 10.1 Å². The van der Waals surface area contributed by atoms with Crippen LogP contribution in [0, 0.1) is 0 Å². The molecular formula is C14H15NO3S. The average Bonchev–Trinajstić information content (AvgIpc) is 2.39. The molecular weight excluding hydrogens is 262 g/mol. The van der Waals surface area contributed by atoms with E-state index in [0.717, 1.165) is 5.56 Å². The van der Waals surface area contributed by atoms with Gasteiger partial charge in [0, 0.05) is 6.42 Å². The fourth-order valence-electron chi connectivity index (χ4n) is 1.96. The van der Waals surface area contributed by atoms with Gasteiger partial charge >= 0.3 is 0 Å². The first kappa shape index (κ1) is 13.7. The van der Waals surface area contributed by atoms with E-state index in [4.69, 9.17) is 5.73 Å². The van der Waals surface area contributed by atoms with E-state index in [9.17, 15) is 13.0 Å². The van der Waals surface area contributed by atoms with Crippen molar-refractivity contribution in [1.29, 1.82) is 0 Å². The molecule has 0 heterocycles. The fraction of sp³-hybridized carbons (Fsp3) is 0.143. The lowest BCUT2D eigenvalue weighted by molar-refractivity contribution is 0.426. The summed E-state index contributed by atoms with van der Waals surface area (Å²) < 4.78 is 32.9. The molecule has 0 aliphatic rings. The van der Waals surface area contributed by atoms with E-state index in [2.05, 4.69) is 0 Å². The summed E-state index contributed by atoms with van der Waals surface area (Å²) in [6, 6.07) is 17.3. The van der Waals surface area contributed by atoms with Crippen LogP contribution < -0.4 is 5.73 Å². The van der Waals surface area contributed by atoms with Gasteiger partial charge in [-0.1, -0.05) is 60.7 Å². The van der Waals surface area contributed by atoms with E-state index in [0.29, 0.717) is 5.56 Å². The van der Waals surface area contributed by atoms with Gasteiger partial charge in [0.05, 0.1) is 0 Å². The number of hydrogen-bond acceptors (Lipinski definition) is 3. The van der Waals surface area contributed by atoms with Crippen LogP contribution >= 0.6 is 0 Å². The Morgan fingerprint density at radius 1 is 0.947 bits per heavy atom. The zero-order valence-corrected chi connectivity index (χ0v) is 11.0. The molecule has 0 amide bonds. The summed E-state index contributed by atoms with van der Waals surface area (Å²) in [4.78, 5) is -1.84. The Balaban J connectivity index is 2.49. The van der Waals surface area contributed by atoms with Gasteiger partial charge in [0.2, 0.25) is 0 Å². The van der Waals surface area contributed by atoms with Crippen LogP contribution in [0.3, 0.4) is 0 Å². The minimum Gasteiger partial charge on any atom is -0.307 e. The molecule has 0 aliphatic heterocycles. The average molecular weight is 277 g/mol. The molecule has 0 saturated carbocycles. The van der Waals surface area contributed by atoms with Gasteiger partial charge in [-0.2, -0.15) is 8.42 Å².